The first-order valence-electron chi connectivity index (χ1n) is 7.46. The van der Waals surface area contributed by atoms with E-state index in [2.05, 4.69) is 10.6 Å². The number of alkyl halides is 3. The average Bonchev–Trinajstić information content (AvgIpc) is 2.51. The van der Waals surface area contributed by atoms with Crippen LogP contribution in [0.1, 0.15) is 36.7 Å². The Morgan fingerprint density at radius 1 is 1.21 bits per heavy atom. The second-order valence-electron chi connectivity index (χ2n) is 6.05. The minimum Gasteiger partial charge on any atom is -0.348 e. The predicted molar refractivity (Wildman–Crippen MR) is 84.2 cm³/mol. The molecule has 24 heavy (non-hydrogen) atoms. The maximum Gasteiger partial charge on any atom is 0.417 e. The van der Waals surface area contributed by atoms with Gasteiger partial charge in [0.25, 0.3) is 5.91 Å². The zero-order chi connectivity index (χ0) is 18.5. The van der Waals surface area contributed by atoms with E-state index in [1.807, 2.05) is 13.8 Å². The lowest BCUT2D eigenvalue weighted by atomic mass is 9.88. The number of nitrogens with one attached hydrogen (secondary N) is 2. The van der Waals surface area contributed by atoms with Gasteiger partial charge in [0.05, 0.1) is 23.2 Å². The summed E-state index contributed by atoms with van der Waals surface area (Å²) in [5.74, 6) is -1.43. The van der Waals surface area contributed by atoms with E-state index in [-0.39, 0.29) is 12.5 Å². The fourth-order valence-electron chi connectivity index (χ4n) is 1.98. The number of hydrogen-bond donors (Lipinski definition) is 3. The molecule has 0 heterocycles. The van der Waals surface area contributed by atoms with Crippen molar-refractivity contribution < 1.29 is 22.8 Å². The molecule has 0 aromatic heterocycles. The van der Waals surface area contributed by atoms with Gasteiger partial charge in [0.2, 0.25) is 5.91 Å². The van der Waals surface area contributed by atoms with Gasteiger partial charge < -0.3 is 16.4 Å². The number of rotatable bonds is 6. The Labute approximate surface area is 138 Å². The van der Waals surface area contributed by atoms with Crippen LogP contribution >= 0.6 is 0 Å². The molecule has 0 bridgehead atoms. The first-order chi connectivity index (χ1) is 11.0. The highest BCUT2D eigenvalue weighted by atomic mass is 19.4. The van der Waals surface area contributed by atoms with Gasteiger partial charge in [-0.2, -0.15) is 13.2 Å². The van der Waals surface area contributed by atoms with Gasteiger partial charge in [-0.25, -0.2) is 0 Å². The summed E-state index contributed by atoms with van der Waals surface area (Å²) in [6.07, 6.45) is -4.65. The third kappa shape index (κ3) is 4.95. The van der Waals surface area contributed by atoms with Gasteiger partial charge in [-0.05, 0) is 25.0 Å². The van der Waals surface area contributed by atoms with Gasteiger partial charge in [-0.15, -0.1) is 0 Å². The summed E-state index contributed by atoms with van der Waals surface area (Å²) < 4.78 is 38.7. The van der Waals surface area contributed by atoms with E-state index >= 15 is 0 Å². The third-order valence-corrected chi connectivity index (χ3v) is 4.01. The Morgan fingerprint density at radius 3 is 2.29 bits per heavy atom. The van der Waals surface area contributed by atoms with Crippen molar-refractivity contribution in [2.75, 3.05) is 13.1 Å². The summed E-state index contributed by atoms with van der Waals surface area (Å²) in [6, 6.07) is 4.41. The van der Waals surface area contributed by atoms with Gasteiger partial charge in [0.1, 0.15) is 0 Å². The molecule has 1 aromatic carbocycles. The molecule has 1 aromatic rings. The van der Waals surface area contributed by atoms with Gasteiger partial charge >= 0.3 is 6.18 Å². The van der Waals surface area contributed by atoms with Crippen LogP contribution in [0.5, 0.6) is 0 Å². The molecule has 1 unspecified atom stereocenters. The summed E-state index contributed by atoms with van der Waals surface area (Å²) in [7, 11) is 0. The Kier molecular flexibility index (Phi) is 6.36. The largest absolute Gasteiger partial charge is 0.417 e. The number of benzene rings is 1. The van der Waals surface area contributed by atoms with Crippen molar-refractivity contribution in [3.63, 3.8) is 0 Å². The van der Waals surface area contributed by atoms with Crippen LogP contribution in [0.4, 0.5) is 13.2 Å². The van der Waals surface area contributed by atoms with Crippen molar-refractivity contribution in [1.82, 2.24) is 10.6 Å². The molecule has 0 saturated heterocycles. The normalized spacial score (nSPS) is 14.2. The maximum atomic E-state index is 12.9. The smallest absolute Gasteiger partial charge is 0.348 e. The Hall–Kier alpha value is -2.09. The molecule has 5 nitrogen and oxygen atoms in total. The highest BCUT2D eigenvalue weighted by Crippen LogP contribution is 2.31. The van der Waals surface area contributed by atoms with Crippen LogP contribution in [0.2, 0.25) is 0 Å². The second kappa shape index (κ2) is 7.65. The van der Waals surface area contributed by atoms with Gasteiger partial charge in [-0.1, -0.05) is 26.0 Å². The molecule has 1 rings (SSSR count). The molecule has 0 spiro atoms. The summed E-state index contributed by atoms with van der Waals surface area (Å²) >= 11 is 0. The van der Waals surface area contributed by atoms with E-state index in [1.165, 1.54) is 12.1 Å². The second-order valence-corrected chi connectivity index (χ2v) is 6.05. The van der Waals surface area contributed by atoms with Crippen LogP contribution in [0, 0.1) is 5.92 Å². The summed E-state index contributed by atoms with van der Waals surface area (Å²) in [6.45, 7) is 5.28. The number of carbonyl (C=O) groups is 2. The van der Waals surface area contributed by atoms with Crippen LogP contribution in [-0.4, -0.2) is 30.4 Å². The number of amides is 2. The number of carbonyl (C=O) groups excluding carboxylic acids is 2. The quantitative estimate of drug-likeness (QED) is 0.736. The molecule has 1 atom stereocenters. The topological polar surface area (TPSA) is 84.2 Å². The fourth-order valence-corrected chi connectivity index (χ4v) is 1.98. The molecule has 8 heteroatoms. The molecule has 0 aliphatic rings. The molecule has 4 N–H and O–H groups in total. The zero-order valence-electron chi connectivity index (χ0n) is 13.8. The Morgan fingerprint density at radius 2 is 1.79 bits per heavy atom. The van der Waals surface area contributed by atoms with Crippen molar-refractivity contribution in [2.45, 2.75) is 32.5 Å². The first kappa shape index (κ1) is 20.0. The summed E-state index contributed by atoms with van der Waals surface area (Å²) in [5, 5.41) is 4.90. The highest BCUT2D eigenvalue weighted by molar-refractivity contribution is 5.97. The molecule has 0 fully saturated rings. The number of nitrogens with two attached hydrogens (primary N) is 1. The van der Waals surface area contributed by atoms with Crippen molar-refractivity contribution in [1.29, 1.82) is 0 Å². The molecular formula is C16H22F3N3O2. The van der Waals surface area contributed by atoms with Crippen molar-refractivity contribution in [3.05, 3.63) is 35.4 Å². The summed E-state index contributed by atoms with van der Waals surface area (Å²) in [4.78, 5) is 23.9. The first-order valence-corrected chi connectivity index (χ1v) is 7.46. The van der Waals surface area contributed by atoms with Gasteiger partial charge in [0, 0.05) is 6.54 Å². The van der Waals surface area contributed by atoms with Crippen LogP contribution in [0.15, 0.2) is 24.3 Å². The van der Waals surface area contributed by atoms with E-state index in [0.717, 1.165) is 12.1 Å². The van der Waals surface area contributed by atoms with Crippen LogP contribution in [0.3, 0.4) is 0 Å². The Balaban J connectivity index is 2.76. The van der Waals surface area contributed by atoms with E-state index in [9.17, 15) is 22.8 Å². The van der Waals surface area contributed by atoms with E-state index in [4.69, 9.17) is 5.73 Å². The number of halogens is 3. The van der Waals surface area contributed by atoms with Crippen molar-refractivity contribution >= 4 is 11.8 Å². The monoisotopic (exact) mass is 345 g/mol. The zero-order valence-corrected chi connectivity index (χ0v) is 13.8. The van der Waals surface area contributed by atoms with Gasteiger partial charge in [0.15, 0.2) is 0 Å². The lowest BCUT2D eigenvalue weighted by molar-refractivity contribution is -0.137. The van der Waals surface area contributed by atoms with Gasteiger partial charge in [-0.3, -0.25) is 9.59 Å². The number of hydrogen-bond acceptors (Lipinski definition) is 3. The standard InChI is InChI=1S/C16H22F3N3O2/c1-10(2)15(3,9-20)22-13(23)8-21-14(24)11-6-4-5-7-12(11)16(17,18)19/h4-7,10H,8-9,20H2,1-3H3,(H,21,24)(H,22,23). The van der Waals surface area contributed by atoms with Crippen molar-refractivity contribution in [3.8, 4) is 0 Å². The SMILES string of the molecule is CC(C)C(C)(CN)NC(=O)CNC(=O)c1ccccc1C(F)(F)F. The molecule has 0 radical (unpaired) electrons. The molecule has 0 saturated carbocycles. The minimum absolute atomic E-state index is 0.0492. The lowest BCUT2D eigenvalue weighted by Crippen LogP contribution is -2.56. The molecular weight excluding hydrogens is 323 g/mol. The van der Waals surface area contributed by atoms with Crippen molar-refractivity contribution in [2.24, 2.45) is 11.7 Å². The van der Waals surface area contributed by atoms with Crippen LogP contribution < -0.4 is 16.4 Å². The van der Waals surface area contributed by atoms with E-state index in [1.54, 1.807) is 6.92 Å². The van der Waals surface area contributed by atoms with Crippen LogP contribution in [0.25, 0.3) is 0 Å². The van der Waals surface area contributed by atoms with E-state index in [0.29, 0.717) is 0 Å². The maximum absolute atomic E-state index is 12.9. The van der Waals surface area contributed by atoms with Crippen LogP contribution in [-0.2, 0) is 11.0 Å². The lowest BCUT2D eigenvalue weighted by Gasteiger charge is -2.33. The molecule has 0 aliphatic carbocycles. The molecule has 134 valence electrons. The molecule has 2 amide bonds. The highest BCUT2D eigenvalue weighted by Gasteiger charge is 2.35. The Bertz CT molecular complexity index is 602. The average molecular weight is 345 g/mol. The fraction of sp³-hybridized carbons (Fsp3) is 0.500. The summed E-state index contributed by atoms with van der Waals surface area (Å²) in [5.41, 5.74) is 3.41. The molecule has 0 aliphatic heterocycles. The van der Waals surface area contributed by atoms with E-state index < -0.39 is 41.2 Å². The minimum atomic E-state index is -4.65. The predicted octanol–water partition coefficient (Wildman–Crippen LogP) is 1.92. The third-order valence-electron chi connectivity index (χ3n) is 4.01.